The quantitative estimate of drug-likeness (QED) is 0.833. The summed E-state index contributed by atoms with van der Waals surface area (Å²) in [6, 6.07) is 0. The summed E-state index contributed by atoms with van der Waals surface area (Å²) >= 11 is 0. The van der Waals surface area contributed by atoms with Gasteiger partial charge in [-0.15, -0.1) is 10.2 Å². The summed E-state index contributed by atoms with van der Waals surface area (Å²) in [5.41, 5.74) is 1.81. The fourth-order valence-corrected chi connectivity index (χ4v) is 2.53. The van der Waals surface area contributed by atoms with Crippen LogP contribution >= 0.6 is 0 Å². The average molecular weight is 289 g/mol. The Kier molecular flexibility index (Phi) is 3.59. The number of anilines is 1. The van der Waals surface area contributed by atoms with Crippen LogP contribution in [-0.4, -0.2) is 39.4 Å². The van der Waals surface area contributed by atoms with Gasteiger partial charge in [0.25, 0.3) is 0 Å². The summed E-state index contributed by atoms with van der Waals surface area (Å²) in [5, 5.41) is 7.94. The zero-order chi connectivity index (χ0) is 15.0. The number of aromatic nitrogens is 4. The van der Waals surface area contributed by atoms with Gasteiger partial charge in [0.15, 0.2) is 11.9 Å². The van der Waals surface area contributed by atoms with Gasteiger partial charge in [0.05, 0.1) is 24.0 Å². The van der Waals surface area contributed by atoms with E-state index in [-0.39, 0.29) is 12.2 Å². The van der Waals surface area contributed by atoms with Crippen LogP contribution in [0.25, 0.3) is 0 Å². The van der Waals surface area contributed by atoms with Crippen LogP contribution in [0.2, 0.25) is 0 Å². The van der Waals surface area contributed by atoms with Gasteiger partial charge in [0, 0.05) is 19.7 Å². The molecule has 1 aliphatic rings. The third-order valence-corrected chi connectivity index (χ3v) is 3.43. The Morgan fingerprint density at radius 2 is 2.00 bits per heavy atom. The first kappa shape index (κ1) is 13.9. The SMILES string of the molecule is Cc1cnc(C)c(N2C[C@@H](C)O[C@@H](c3nnc(C)o3)C2)n1. The molecule has 1 saturated heterocycles. The maximum absolute atomic E-state index is 5.92. The molecule has 1 fully saturated rings. The van der Waals surface area contributed by atoms with Crippen molar-refractivity contribution >= 4 is 5.82 Å². The van der Waals surface area contributed by atoms with Crippen LogP contribution in [0, 0.1) is 20.8 Å². The fourth-order valence-electron chi connectivity index (χ4n) is 2.53. The van der Waals surface area contributed by atoms with Gasteiger partial charge < -0.3 is 14.1 Å². The van der Waals surface area contributed by atoms with Crippen LogP contribution in [0.4, 0.5) is 5.82 Å². The molecular formula is C14H19N5O2. The molecule has 3 rings (SSSR count). The predicted molar refractivity (Wildman–Crippen MR) is 76.0 cm³/mol. The molecule has 0 aliphatic carbocycles. The minimum absolute atomic E-state index is 0.0534. The normalized spacial score (nSPS) is 22.6. The third-order valence-electron chi connectivity index (χ3n) is 3.43. The van der Waals surface area contributed by atoms with E-state index in [9.17, 15) is 0 Å². The predicted octanol–water partition coefficient (Wildman–Crippen LogP) is 1.75. The van der Waals surface area contributed by atoms with E-state index in [1.165, 1.54) is 0 Å². The Balaban J connectivity index is 1.87. The lowest BCUT2D eigenvalue weighted by Gasteiger charge is -2.36. The molecule has 0 N–H and O–H groups in total. The van der Waals surface area contributed by atoms with Crippen molar-refractivity contribution in [2.45, 2.75) is 39.9 Å². The van der Waals surface area contributed by atoms with Gasteiger partial charge in [0.2, 0.25) is 11.8 Å². The van der Waals surface area contributed by atoms with Crippen LogP contribution in [0.1, 0.15) is 36.2 Å². The lowest BCUT2D eigenvalue weighted by Crippen LogP contribution is -2.43. The molecule has 2 atom stereocenters. The lowest BCUT2D eigenvalue weighted by atomic mass is 10.2. The Morgan fingerprint density at radius 3 is 2.71 bits per heavy atom. The molecule has 2 aromatic rings. The molecule has 112 valence electrons. The van der Waals surface area contributed by atoms with Crippen molar-refractivity contribution < 1.29 is 9.15 Å². The average Bonchev–Trinajstić information content (AvgIpc) is 2.87. The van der Waals surface area contributed by atoms with Crippen molar-refractivity contribution in [1.29, 1.82) is 0 Å². The molecule has 0 spiro atoms. The Labute approximate surface area is 123 Å². The number of hydrogen-bond acceptors (Lipinski definition) is 7. The maximum Gasteiger partial charge on any atom is 0.247 e. The van der Waals surface area contributed by atoms with Crippen molar-refractivity contribution in [3.63, 3.8) is 0 Å². The highest BCUT2D eigenvalue weighted by Gasteiger charge is 2.31. The van der Waals surface area contributed by atoms with Crippen molar-refractivity contribution in [3.8, 4) is 0 Å². The maximum atomic E-state index is 5.92. The van der Waals surface area contributed by atoms with Crippen LogP contribution in [0.15, 0.2) is 10.6 Å². The van der Waals surface area contributed by atoms with E-state index < -0.39 is 0 Å². The van der Waals surface area contributed by atoms with E-state index in [0.29, 0.717) is 18.3 Å². The van der Waals surface area contributed by atoms with Gasteiger partial charge in [-0.2, -0.15) is 0 Å². The van der Waals surface area contributed by atoms with E-state index in [1.54, 1.807) is 13.1 Å². The number of rotatable bonds is 2. The Bertz CT molecular complexity index is 642. The third kappa shape index (κ3) is 2.87. The lowest BCUT2D eigenvalue weighted by molar-refractivity contribution is -0.0314. The summed E-state index contributed by atoms with van der Waals surface area (Å²) in [4.78, 5) is 11.2. The summed E-state index contributed by atoms with van der Waals surface area (Å²) in [7, 11) is 0. The molecule has 1 aliphatic heterocycles. The zero-order valence-corrected chi connectivity index (χ0v) is 12.7. The van der Waals surface area contributed by atoms with Crippen LogP contribution in [0.3, 0.4) is 0 Å². The van der Waals surface area contributed by atoms with Gasteiger partial charge in [-0.1, -0.05) is 0 Å². The first-order chi connectivity index (χ1) is 10.0. The zero-order valence-electron chi connectivity index (χ0n) is 12.7. The van der Waals surface area contributed by atoms with E-state index in [4.69, 9.17) is 9.15 Å². The van der Waals surface area contributed by atoms with Crippen molar-refractivity contribution in [2.24, 2.45) is 0 Å². The molecule has 2 aromatic heterocycles. The van der Waals surface area contributed by atoms with Crippen molar-refractivity contribution in [1.82, 2.24) is 20.2 Å². The molecule has 0 unspecified atom stereocenters. The highest BCUT2D eigenvalue weighted by atomic mass is 16.5. The molecular weight excluding hydrogens is 270 g/mol. The van der Waals surface area contributed by atoms with Gasteiger partial charge in [-0.05, 0) is 20.8 Å². The summed E-state index contributed by atoms with van der Waals surface area (Å²) < 4.78 is 11.4. The van der Waals surface area contributed by atoms with Crippen LogP contribution in [0.5, 0.6) is 0 Å². The first-order valence-electron chi connectivity index (χ1n) is 7.03. The molecule has 0 radical (unpaired) electrons. The second-order valence-electron chi connectivity index (χ2n) is 5.42. The number of nitrogens with zero attached hydrogens (tertiary/aromatic N) is 5. The van der Waals surface area contributed by atoms with Gasteiger partial charge >= 0.3 is 0 Å². The Hall–Kier alpha value is -2.02. The van der Waals surface area contributed by atoms with E-state index in [2.05, 4.69) is 25.1 Å². The van der Waals surface area contributed by atoms with Crippen molar-refractivity contribution in [2.75, 3.05) is 18.0 Å². The number of morpholine rings is 1. The first-order valence-corrected chi connectivity index (χ1v) is 7.03. The molecule has 0 bridgehead atoms. The van der Waals surface area contributed by atoms with E-state index >= 15 is 0 Å². The summed E-state index contributed by atoms with van der Waals surface area (Å²) in [6.45, 7) is 9.11. The fraction of sp³-hybridized carbons (Fsp3) is 0.571. The highest BCUT2D eigenvalue weighted by Crippen LogP contribution is 2.28. The van der Waals surface area contributed by atoms with Gasteiger partial charge in [-0.25, -0.2) is 4.98 Å². The minimum Gasteiger partial charge on any atom is -0.423 e. The molecule has 0 aromatic carbocycles. The molecule has 0 saturated carbocycles. The van der Waals surface area contributed by atoms with Gasteiger partial charge in [0.1, 0.15) is 0 Å². The number of hydrogen-bond donors (Lipinski definition) is 0. The highest BCUT2D eigenvalue weighted by molar-refractivity contribution is 5.44. The largest absolute Gasteiger partial charge is 0.423 e. The molecule has 3 heterocycles. The minimum atomic E-state index is -0.239. The van der Waals surface area contributed by atoms with Crippen molar-refractivity contribution in [3.05, 3.63) is 29.4 Å². The Morgan fingerprint density at radius 1 is 1.19 bits per heavy atom. The van der Waals surface area contributed by atoms with Crippen LogP contribution in [-0.2, 0) is 4.74 Å². The smallest absolute Gasteiger partial charge is 0.247 e. The monoisotopic (exact) mass is 289 g/mol. The second-order valence-corrected chi connectivity index (χ2v) is 5.42. The van der Waals surface area contributed by atoms with E-state index in [0.717, 1.165) is 23.8 Å². The van der Waals surface area contributed by atoms with Crippen LogP contribution < -0.4 is 4.90 Å². The summed E-state index contributed by atoms with van der Waals surface area (Å²) in [5.74, 6) is 1.96. The topological polar surface area (TPSA) is 77.2 Å². The molecule has 21 heavy (non-hydrogen) atoms. The standard InChI is InChI=1S/C14H19N5O2/c1-8-5-15-10(3)13(16-8)19-6-9(2)20-12(7-19)14-18-17-11(4)21-14/h5,9,12H,6-7H2,1-4H3/t9-,12-/m1/s1. The number of aryl methyl sites for hydroxylation is 3. The molecule has 7 nitrogen and oxygen atoms in total. The second kappa shape index (κ2) is 5.40. The van der Waals surface area contributed by atoms with Gasteiger partial charge in [-0.3, -0.25) is 4.98 Å². The number of ether oxygens (including phenoxy) is 1. The van der Waals surface area contributed by atoms with E-state index in [1.807, 2.05) is 20.8 Å². The molecule has 0 amide bonds. The molecule has 7 heteroatoms. The summed E-state index contributed by atoms with van der Waals surface area (Å²) in [6.07, 6.45) is 1.59.